The molecule has 1 fully saturated rings. The summed E-state index contributed by atoms with van der Waals surface area (Å²) in [6.07, 6.45) is 2.49. The van der Waals surface area contributed by atoms with Crippen molar-refractivity contribution in [1.82, 2.24) is 0 Å². The van der Waals surface area contributed by atoms with E-state index in [9.17, 15) is 4.39 Å². The molecule has 2 aromatic carbocycles. The van der Waals surface area contributed by atoms with Crippen LogP contribution in [0.2, 0.25) is 5.02 Å². The van der Waals surface area contributed by atoms with Crippen LogP contribution >= 0.6 is 11.6 Å². The van der Waals surface area contributed by atoms with E-state index in [1.54, 1.807) is 6.07 Å². The summed E-state index contributed by atoms with van der Waals surface area (Å²) in [7, 11) is 0. The molecule has 3 rings (SSSR count). The molecule has 0 radical (unpaired) electrons. The summed E-state index contributed by atoms with van der Waals surface area (Å²) >= 11 is 5.71. The fourth-order valence-corrected chi connectivity index (χ4v) is 2.82. The monoisotopic (exact) mass is 304 g/mol. The quantitative estimate of drug-likeness (QED) is 0.881. The van der Waals surface area contributed by atoms with Crippen molar-refractivity contribution in [1.29, 1.82) is 0 Å². The van der Waals surface area contributed by atoms with E-state index >= 15 is 0 Å². The Kier molecular flexibility index (Phi) is 4.30. The summed E-state index contributed by atoms with van der Waals surface area (Å²) < 4.78 is 13.5. The molecule has 1 heterocycles. The van der Waals surface area contributed by atoms with Gasteiger partial charge in [-0.05, 0) is 42.7 Å². The van der Waals surface area contributed by atoms with E-state index in [-0.39, 0.29) is 10.8 Å². The smallest absolute Gasteiger partial charge is 0.142 e. The fourth-order valence-electron chi connectivity index (χ4n) is 2.70. The molecule has 0 saturated carbocycles. The first kappa shape index (κ1) is 14.2. The summed E-state index contributed by atoms with van der Waals surface area (Å²) in [6.45, 7) is 2.79. The van der Waals surface area contributed by atoms with E-state index in [4.69, 9.17) is 11.6 Å². The third-order valence-electron chi connectivity index (χ3n) is 3.82. The number of benzene rings is 2. The number of nitrogens with zero attached hydrogens (tertiary/aromatic N) is 1. The Morgan fingerprint density at radius 2 is 1.86 bits per heavy atom. The Bertz CT molecular complexity index is 624. The summed E-state index contributed by atoms with van der Waals surface area (Å²) in [4.78, 5) is 2.39. The largest absolute Gasteiger partial charge is 0.379 e. The first-order valence-electron chi connectivity index (χ1n) is 7.26. The van der Waals surface area contributed by atoms with Crippen molar-refractivity contribution in [2.24, 2.45) is 0 Å². The molecule has 0 bridgehead atoms. The fraction of sp³-hybridized carbons (Fsp3) is 0.294. The van der Waals surface area contributed by atoms with Crippen LogP contribution in [0.15, 0.2) is 42.5 Å². The van der Waals surface area contributed by atoms with Crippen LogP contribution in [0.4, 0.5) is 15.8 Å². The second-order valence-corrected chi connectivity index (χ2v) is 5.72. The Labute approximate surface area is 129 Å². The highest BCUT2D eigenvalue weighted by Gasteiger charge is 2.15. The molecule has 21 heavy (non-hydrogen) atoms. The SMILES string of the molecule is Fc1cc(CNc2ccccc2N2CCCC2)ccc1Cl. The maximum absolute atomic E-state index is 13.5. The lowest BCUT2D eigenvalue weighted by Gasteiger charge is -2.22. The second-order valence-electron chi connectivity index (χ2n) is 5.31. The molecular weight excluding hydrogens is 287 g/mol. The average molecular weight is 305 g/mol. The van der Waals surface area contributed by atoms with E-state index < -0.39 is 0 Å². The number of nitrogens with one attached hydrogen (secondary N) is 1. The van der Waals surface area contributed by atoms with Crippen molar-refractivity contribution in [2.45, 2.75) is 19.4 Å². The number of hydrogen-bond acceptors (Lipinski definition) is 2. The maximum atomic E-state index is 13.5. The zero-order valence-electron chi connectivity index (χ0n) is 11.8. The first-order valence-corrected chi connectivity index (χ1v) is 7.63. The van der Waals surface area contributed by atoms with Gasteiger partial charge in [-0.25, -0.2) is 4.39 Å². The Morgan fingerprint density at radius 3 is 2.62 bits per heavy atom. The Hall–Kier alpha value is -1.74. The molecule has 2 aromatic rings. The van der Waals surface area contributed by atoms with Crippen LogP contribution in [-0.4, -0.2) is 13.1 Å². The third-order valence-corrected chi connectivity index (χ3v) is 4.12. The molecule has 0 atom stereocenters. The summed E-state index contributed by atoms with van der Waals surface area (Å²) in [5, 5.41) is 3.56. The summed E-state index contributed by atoms with van der Waals surface area (Å²) in [5.74, 6) is -0.371. The number of halogens is 2. The van der Waals surface area contributed by atoms with Crippen LogP contribution < -0.4 is 10.2 Å². The topological polar surface area (TPSA) is 15.3 Å². The molecule has 0 spiro atoms. The van der Waals surface area contributed by atoms with Gasteiger partial charge in [0.2, 0.25) is 0 Å². The van der Waals surface area contributed by atoms with E-state index in [1.165, 1.54) is 24.6 Å². The number of anilines is 2. The minimum atomic E-state index is -0.371. The predicted molar refractivity (Wildman–Crippen MR) is 86.6 cm³/mol. The number of rotatable bonds is 4. The molecule has 1 aliphatic heterocycles. The van der Waals surface area contributed by atoms with Gasteiger partial charge in [0.05, 0.1) is 16.4 Å². The van der Waals surface area contributed by atoms with Crippen LogP contribution in [0.25, 0.3) is 0 Å². The second kappa shape index (κ2) is 6.35. The van der Waals surface area contributed by atoms with Gasteiger partial charge in [0.15, 0.2) is 0 Å². The Balaban J connectivity index is 1.74. The van der Waals surface area contributed by atoms with Crippen LogP contribution in [0.3, 0.4) is 0 Å². The molecule has 1 saturated heterocycles. The van der Waals surface area contributed by atoms with Crippen molar-refractivity contribution in [3.8, 4) is 0 Å². The zero-order valence-corrected chi connectivity index (χ0v) is 12.5. The minimum absolute atomic E-state index is 0.163. The predicted octanol–water partition coefficient (Wildman–Crippen LogP) is 4.69. The summed E-state index contributed by atoms with van der Waals surface area (Å²) in [6, 6.07) is 13.2. The number of hydrogen-bond donors (Lipinski definition) is 1. The van der Waals surface area contributed by atoms with Gasteiger partial charge in [0, 0.05) is 19.6 Å². The normalized spacial score (nSPS) is 14.5. The van der Waals surface area contributed by atoms with Gasteiger partial charge in [0.1, 0.15) is 5.82 Å². The van der Waals surface area contributed by atoms with Gasteiger partial charge in [0.25, 0.3) is 0 Å². The molecule has 4 heteroatoms. The highest BCUT2D eigenvalue weighted by molar-refractivity contribution is 6.30. The molecule has 2 nitrogen and oxygen atoms in total. The molecule has 0 aliphatic carbocycles. The highest BCUT2D eigenvalue weighted by Crippen LogP contribution is 2.29. The van der Waals surface area contributed by atoms with Gasteiger partial charge in [-0.15, -0.1) is 0 Å². The molecule has 110 valence electrons. The van der Waals surface area contributed by atoms with Crippen molar-refractivity contribution in [3.05, 3.63) is 58.9 Å². The maximum Gasteiger partial charge on any atom is 0.142 e. The molecular formula is C17H18ClFN2. The van der Waals surface area contributed by atoms with Crippen LogP contribution in [-0.2, 0) is 6.54 Å². The standard InChI is InChI=1S/C17H18ClFN2/c18-14-8-7-13(11-15(14)19)12-20-16-5-1-2-6-17(16)21-9-3-4-10-21/h1-2,5-8,11,20H,3-4,9-10,12H2. The first-order chi connectivity index (χ1) is 10.2. The van der Waals surface area contributed by atoms with Gasteiger partial charge < -0.3 is 10.2 Å². The van der Waals surface area contributed by atoms with Crippen molar-refractivity contribution < 1.29 is 4.39 Å². The van der Waals surface area contributed by atoms with Crippen molar-refractivity contribution >= 4 is 23.0 Å². The van der Waals surface area contributed by atoms with Crippen molar-refractivity contribution in [2.75, 3.05) is 23.3 Å². The van der Waals surface area contributed by atoms with Gasteiger partial charge in [-0.3, -0.25) is 0 Å². The van der Waals surface area contributed by atoms with E-state index in [1.807, 2.05) is 12.1 Å². The van der Waals surface area contributed by atoms with Crippen LogP contribution in [0.1, 0.15) is 18.4 Å². The lowest BCUT2D eigenvalue weighted by molar-refractivity contribution is 0.626. The van der Waals surface area contributed by atoms with Crippen LogP contribution in [0, 0.1) is 5.82 Å². The lowest BCUT2D eigenvalue weighted by atomic mass is 10.2. The van der Waals surface area contributed by atoms with Gasteiger partial charge in [-0.1, -0.05) is 29.8 Å². The highest BCUT2D eigenvalue weighted by atomic mass is 35.5. The lowest BCUT2D eigenvalue weighted by Crippen LogP contribution is -2.19. The Morgan fingerprint density at radius 1 is 1.10 bits per heavy atom. The summed E-state index contributed by atoms with van der Waals surface area (Å²) in [5.41, 5.74) is 3.20. The number of para-hydroxylation sites is 2. The molecule has 1 aliphatic rings. The molecule has 1 N–H and O–H groups in total. The van der Waals surface area contributed by atoms with E-state index in [0.29, 0.717) is 6.54 Å². The average Bonchev–Trinajstić information content (AvgIpc) is 3.03. The van der Waals surface area contributed by atoms with Crippen molar-refractivity contribution in [3.63, 3.8) is 0 Å². The van der Waals surface area contributed by atoms with E-state index in [0.717, 1.165) is 24.3 Å². The van der Waals surface area contributed by atoms with Gasteiger partial charge in [-0.2, -0.15) is 0 Å². The van der Waals surface area contributed by atoms with Gasteiger partial charge >= 0.3 is 0 Å². The zero-order chi connectivity index (χ0) is 14.7. The minimum Gasteiger partial charge on any atom is -0.379 e. The third kappa shape index (κ3) is 3.30. The molecule has 0 unspecified atom stereocenters. The molecule has 0 amide bonds. The van der Waals surface area contributed by atoms with E-state index in [2.05, 4.69) is 28.4 Å². The molecule has 0 aromatic heterocycles. The van der Waals surface area contributed by atoms with Crippen LogP contribution in [0.5, 0.6) is 0 Å².